The van der Waals surface area contributed by atoms with Gasteiger partial charge < -0.3 is 11.1 Å². The van der Waals surface area contributed by atoms with Gasteiger partial charge in [-0.1, -0.05) is 11.6 Å². The van der Waals surface area contributed by atoms with Gasteiger partial charge in [0, 0.05) is 5.54 Å². The van der Waals surface area contributed by atoms with Gasteiger partial charge in [-0.3, -0.25) is 0 Å². The maximum absolute atomic E-state index is 5.80. The van der Waals surface area contributed by atoms with Gasteiger partial charge in [-0.15, -0.1) is 0 Å². The van der Waals surface area contributed by atoms with Crippen LogP contribution in [0.3, 0.4) is 0 Å². The molecule has 3 aliphatic rings. The summed E-state index contributed by atoms with van der Waals surface area (Å²) in [4.78, 5) is 7.91. The van der Waals surface area contributed by atoms with E-state index in [2.05, 4.69) is 15.3 Å². The first kappa shape index (κ1) is 8.29. The zero-order valence-electron chi connectivity index (χ0n) is 7.63. The van der Waals surface area contributed by atoms with Gasteiger partial charge in [0.05, 0.1) is 0 Å². The first-order valence-electron chi connectivity index (χ1n) is 4.73. The summed E-state index contributed by atoms with van der Waals surface area (Å²) >= 11 is 5.80. The minimum atomic E-state index is 0.274. The van der Waals surface area contributed by atoms with Gasteiger partial charge in [-0.05, 0) is 25.2 Å². The molecular formula is C9H11ClN4. The number of hydrogen-bond acceptors (Lipinski definition) is 4. The van der Waals surface area contributed by atoms with Gasteiger partial charge in [-0.25, -0.2) is 9.97 Å². The van der Waals surface area contributed by atoms with E-state index in [4.69, 9.17) is 17.3 Å². The van der Waals surface area contributed by atoms with Crippen LogP contribution in [0.2, 0.25) is 5.15 Å². The highest BCUT2D eigenvalue weighted by molar-refractivity contribution is 6.32. The minimum absolute atomic E-state index is 0.274. The number of nitrogens with one attached hydrogen (secondary N) is 1. The lowest BCUT2D eigenvalue weighted by Gasteiger charge is -2.62. The quantitative estimate of drug-likeness (QED) is 0.729. The number of nitrogen functional groups attached to an aromatic ring is 1. The van der Waals surface area contributed by atoms with Gasteiger partial charge in [0.2, 0.25) is 0 Å². The Morgan fingerprint density at radius 3 is 2.71 bits per heavy atom. The maximum atomic E-state index is 5.80. The molecule has 3 N–H and O–H groups in total. The molecule has 3 saturated carbocycles. The molecule has 0 spiro atoms. The summed E-state index contributed by atoms with van der Waals surface area (Å²) in [6, 6.07) is 0. The van der Waals surface area contributed by atoms with E-state index in [1.807, 2.05) is 0 Å². The molecule has 1 heterocycles. The van der Waals surface area contributed by atoms with Crippen LogP contribution in [0.1, 0.15) is 19.3 Å². The Labute approximate surface area is 86.9 Å². The van der Waals surface area contributed by atoms with Gasteiger partial charge >= 0.3 is 0 Å². The Morgan fingerprint density at radius 2 is 2.14 bits per heavy atom. The van der Waals surface area contributed by atoms with E-state index >= 15 is 0 Å². The van der Waals surface area contributed by atoms with Crippen LogP contribution in [0.5, 0.6) is 0 Å². The normalized spacial score (nSPS) is 33.1. The first-order valence-corrected chi connectivity index (χ1v) is 5.10. The highest BCUT2D eigenvalue weighted by atomic mass is 35.5. The van der Waals surface area contributed by atoms with Crippen molar-refractivity contribution in [3.8, 4) is 0 Å². The van der Waals surface area contributed by atoms with Crippen molar-refractivity contribution in [3.05, 3.63) is 11.5 Å². The molecule has 1 aromatic heterocycles. The average Bonchev–Trinajstić information content (AvgIpc) is 2.02. The molecule has 0 unspecified atom stereocenters. The zero-order chi connectivity index (χ0) is 9.76. The highest BCUT2D eigenvalue weighted by Crippen LogP contribution is 2.58. The van der Waals surface area contributed by atoms with Crippen LogP contribution in [0, 0.1) is 5.92 Å². The van der Waals surface area contributed by atoms with E-state index in [0.29, 0.717) is 16.7 Å². The second-order valence-corrected chi connectivity index (χ2v) is 4.67. The summed E-state index contributed by atoms with van der Waals surface area (Å²) < 4.78 is 0. The summed E-state index contributed by atoms with van der Waals surface area (Å²) in [6.45, 7) is 0. The Bertz CT molecular complexity index is 375. The SMILES string of the molecule is Nc1c(Cl)ncnc1NC12CC(C1)C2. The minimum Gasteiger partial charge on any atom is -0.393 e. The fourth-order valence-electron chi connectivity index (χ4n) is 2.36. The number of aromatic nitrogens is 2. The summed E-state index contributed by atoms with van der Waals surface area (Å²) in [7, 11) is 0. The summed E-state index contributed by atoms with van der Waals surface area (Å²) in [5.41, 5.74) is 6.50. The fraction of sp³-hybridized carbons (Fsp3) is 0.556. The topological polar surface area (TPSA) is 63.8 Å². The molecule has 74 valence electrons. The Morgan fingerprint density at radius 1 is 1.43 bits per heavy atom. The number of anilines is 2. The summed E-state index contributed by atoms with van der Waals surface area (Å²) in [5.74, 6) is 1.61. The second kappa shape index (κ2) is 2.51. The molecule has 0 radical (unpaired) electrons. The molecule has 0 amide bonds. The molecule has 3 fully saturated rings. The van der Waals surface area contributed by atoms with Gasteiger partial charge in [-0.2, -0.15) is 0 Å². The molecule has 2 bridgehead atoms. The van der Waals surface area contributed by atoms with Crippen LogP contribution in [-0.2, 0) is 0 Å². The molecule has 1 aromatic rings. The molecule has 4 nitrogen and oxygen atoms in total. The smallest absolute Gasteiger partial charge is 0.157 e. The van der Waals surface area contributed by atoms with E-state index in [0.717, 1.165) is 5.92 Å². The van der Waals surface area contributed by atoms with Gasteiger partial charge in [0.25, 0.3) is 0 Å². The Kier molecular flexibility index (Phi) is 1.49. The predicted octanol–water partition coefficient (Wildman–Crippen LogP) is 1.68. The van der Waals surface area contributed by atoms with Crippen LogP contribution in [0.4, 0.5) is 11.5 Å². The van der Waals surface area contributed by atoms with Gasteiger partial charge in [0.15, 0.2) is 11.0 Å². The number of nitrogens with two attached hydrogens (primary N) is 1. The van der Waals surface area contributed by atoms with Crippen molar-refractivity contribution < 1.29 is 0 Å². The summed E-state index contributed by atoms with van der Waals surface area (Å²) in [6.07, 6.45) is 5.17. The van der Waals surface area contributed by atoms with E-state index in [1.54, 1.807) is 0 Å². The third kappa shape index (κ3) is 1.00. The molecule has 0 aromatic carbocycles. The average molecular weight is 211 g/mol. The maximum Gasteiger partial charge on any atom is 0.157 e. The van der Waals surface area contributed by atoms with Crippen molar-refractivity contribution in [2.45, 2.75) is 24.8 Å². The Balaban J connectivity index is 1.85. The third-order valence-corrected chi connectivity index (χ3v) is 3.56. The molecule has 4 rings (SSSR count). The standard InChI is InChI=1S/C9H11ClN4/c10-7-6(11)8(13-4-12-7)14-9-1-5(2-9)3-9/h4-5H,1-3,11H2,(H,12,13,14). The Hall–Kier alpha value is -1.03. The van der Waals surface area contributed by atoms with Crippen LogP contribution in [0.25, 0.3) is 0 Å². The van der Waals surface area contributed by atoms with E-state index in [9.17, 15) is 0 Å². The lowest BCUT2D eigenvalue weighted by atomic mass is 9.50. The van der Waals surface area contributed by atoms with E-state index in [-0.39, 0.29) is 5.54 Å². The van der Waals surface area contributed by atoms with Crippen LogP contribution < -0.4 is 11.1 Å². The largest absolute Gasteiger partial charge is 0.393 e. The van der Waals surface area contributed by atoms with Crippen LogP contribution in [-0.4, -0.2) is 15.5 Å². The van der Waals surface area contributed by atoms with Crippen molar-refractivity contribution >= 4 is 23.1 Å². The molecule has 0 atom stereocenters. The molecular weight excluding hydrogens is 200 g/mol. The molecule has 0 saturated heterocycles. The number of halogens is 1. The molecule has 14 heavy (non-hydrogen) atoms. The molecule has 3 aliphatic carbocycles. The lowest BCUT2D eigenvalue weighted by molar-refractivity contribution is 0.00186. The van der Waals surface area contributed by atoms with Crippen molar-refractivity contribution in [1.82, 2.24) is 9.97 Å². The number of hydrogen-bond donors (Lipinski definition) is 2. The number of rotatable bonds is 2. The molecule has 0 aliphatic heterocycles. The van der Waals surface area contributed by atoms with Crippen molar-refractivity contribution in [2.75, 3.05) is 11.1 Å². The highest BCUT2D eigenvalue weighted by Gasteiger charge is 2.56. The number of nitrogens with zero attached hydrogens (tertiary/aromatic N) is 2. The van der Waals surface area contributed by atoms with Crippen molar-refractivity contribution in [1.29, 1.82) is 0 Å². The summed E-state index contributed by atoms with van der Waals surface area (Å²) in [5, 5.41) is 3.70. The monoisotopic (exact) mass is 210 g/mol. The second-order valence-electron chi connectivity index (χ2n) is 4.31. The van der Waals surface area contributed by atoms with Crippen LogP contribution in [0.15, 0.2) is 6.33 Å². The predicted molar refractivity (Wildman–Crippen MR) is 55.1 cm³/mol. The fourth-order valence-corrected chi connectivity index (χ4v) is 2.49. The van der Waals surface area contributed by atoms with E-state index in [1.165, 1.54) is 25.6 Å². The van der Waals surface area contributed by atoms with Crippen molar-refractivity contribution in [2.24, 2.45) is 5.92 Å². The lowest BCUT2D eigenvalue weighted by Crippen LogP contribution is -2.63. The van der Waals surface area contributed by atoms with E-state index < -0.39 is 0 Å². The molecule has 5 heteroatoms. The van der Waals surface area contributed by atoms with Gasteiger partial charge in [0.1, 0.15) is 12.0 Å². The third-order valence-electron chi connectivity index (χ3n) is 3.26. The first-order chi connectivity index (χ1) is 6.69. The van der Waals surface area contributed by atoms with Crippen LogP contribution >= 0.6 is 11.6 Å². The zero-order valence-corrected chi connectivity index (χ0v) is 8.38. The van der Waals surface area contributed by atoms with Crippen molar-refractivity contribution in [3.63, 3.8) is 0 Å².